The van der Waals surface area contributed by atoms with E-state index in [0.29, 0.717) is 30.1 Å². The highest BCUT2D eigenvalue weighted by Crippen LogP contribution is 2.32. The van der Waals surface area contributed by atoms with Crippen LogP contribution in [-0.2, 0) is 16.8 Å². The van der Waals surface area contributed by atoms with Crippen LogP contribution >= 0.6 is 0 Å². The summed E-state index contributed by atoms with van der Waals surface area (Å²) in [6.07, 6.45) is 0.525. The Morgan fingerprint density at radius 3 is 2.55 bits per heavy atom. The Hall–Kier alpha value is -2.30. The van der Waals surface area contributed by atoms with Crippen molar-refractivity contribution in [3.05, 3.63) is 47.2 Å². The normalized spacial score (nSPS) is 17.5. The van der Waals surface area contributed by atoms with Crippen molar-refractivity contribution in [2.45, 2.75) is 45.1 Å². The topological polar surface area (TPSA) is 72.4 Å². The smallest absolute Gasteiger partial charge is 0.312 e. The highest BCUT2D eigenvalue weighted by atomic mass is 16.4. The van der Waals surface area contributed by atoms with E-state index in [9.17, 15) is 14.7 Å². The summed E-state index contributed by atoms with van der Waals surface area (Å²) in [7, 11) is 0. The number of rotatable bonds is 3. The average Bonchev–Trinajstić information content (AvgIpc) is 3.12. The molecule has 5 heteroatoms. The Morgan fingerprint density at radius 1 is 1.23 bits per heavy atom. The molecule has 2 aromatic rings. The number of furan rings is 1. The Morgan fingerprint density at radius 2 is 1.95 bits per heavy atom. The first-order chi connectivity index (χ1) is 10.3. The van der Waals surface area contributed by atoms with Gasteiger partial charge in [0.1, 0.15) is 5.76 Å². The zero-order valence-corrected chi connectivity index (χ0v) is 12.9. The molecule has 1 aliphatic heterocycles. The third-order valence-electron chi connectivity index (χ3n) is 4.11. The standard InChI is InChI=1S/C17H19NO4/c1-17(2,3)14-7-6-13(22-14)15(19)12-5-4-11-10(16(20)21)8-9-18(11)12/h4-7,10H,8-9H2,1-3H3,(H,20,21). The van der Waals surface area contributed by atoms with Crippen LogP contribution < -0.4 is 0 Å². The van der Waals surface area contributed by atoms with E-state index >= 15 is 0 Å². The maximum atomic E-state index is 12.6. The number of carboxylic acid groups (broad SMARTS) is 1. The molecule has 0 saturated carbocycles. The second-order valence-corrected chi connectivity index (χ2v) is 6.72. The third kappa shape index (κ3) is 2.26. The molecule has 22 heavy (non-hydrogen) atoms. The Balaban J connectivity index is 1.93. The summed E-state index contributed by atoms with van der Waals surface area (Å²) in [5, 5.41) is 9.20. The quantitative estimate of drug-likeness (QED) is 0.884. The molecule has 5 nitrogen and oxygen atoms in total. The summed E-state index contributed by atoms with van der Waals surface area (Å²) in [6.45, 7) is 6.61. The van der Waals surface area contributed by atoms with Crippen molar-refractivity contribution in [3.8, 4) is 0 Å². The van der Waals surface area contributed by atoms with E-state index in [0.717, 1.165) is 5.76 Å². The second kappa shape index (κ2) is 4.87. The number of carbonyl (C=O) groups is 2. The van der Waals surface area contributed by atoms with Crippen LogP contribution in [-0.4, -0.2) is 21.4 Å². The van der Waals surface area contributed by atoms with Crippen LogP contribution in [0.5, 0.6) is 0 Å². The minimum absolute atomic E-state index is 0.159. The Bertz CT molecular complexity index is 745. The van der Waals surface area contributed by atoms with Crippen LogP contribution in [0.4, 0.5) is 0 Å². The van der Waals surface area contributed by atoms with Crippen molar-refractivity contribution in [3.63, 3.8) is 0 Å². The van der Waals surface area contributed by atoms with Gasteiger partial charge < -0.3 is 14.1 Å². The van der Waals surface area contributed by atoms with E-state index in [-0.39, 0.29) is 11.2 Å². The first-order valence-electron chi connectivity index (χ1n) is 7.36. The molecule has 0 aliphatic carbocycles. The summed E-state index contributed by atoms with van der Waals surface area (Å²) < 4.78 is 7.48. The van der Waals surface area contributed by atoms with Crippen LogP contribution in [0.3, 0.4) is 0 Å². The van der Waals surface area contributed by atoms with Gasteiger partial charge in [-0.3, -0.25) is 9.59 Å². The number of ketones is 1. The van der Waals surface area contributed by atoms with Crippen LogP contribution in [0.25, 0.3) is 0 Å². The van der Waals surface area contributed by atoms with Crippen molar-refractivity contribution >= 4 is 11.8 Å². The van der Waals surface area contributed by atoms with Gasteiger partial charge in [0.05, 0.1) is 11.6 Å². The molecule has 3 heterocycles. The van der Waals surface area contributed by atoms with Crippen molar-refractivity contribution in [1.29, 1.82) is 0 Å². The number of aliphatic carboxylic acids is 1. The molecule has 0 aromatic carbocycles. The molecular formula is C17H19NO4. The van der Waals surface area contributed by atoms with E-state index in [4.69, 9.17) is 4.42 Å². The molecule has 0 spiro atoms. The summed E-state index contributed by atoms with van der Waals surface area (Å²) in [5.74, 6) is -0.517. The molecule has 0 radical (unpaired) electrons. The van der Waals surface area contributed by atoms with Crippen molar-refractivity contribution in [2.75, 3.05) is 0 Å². The zero-order valence-electron chi connectivity index (χ0n) is 12.9. The number of carboxylic acids is 1. The van der Waals surface area contributed by atoms with Crippen LogP contribution in [0, 0.1) is 0 Å². The number of aromatic nitrogens is 1. The lowest BCUT2D eigenvalue weighted by molar-refractivity contribution is -0.138. The fraction of sp³-hybridized carbons (Fsp3) is 0.412. The van der Waals surface area contributed by atoms with Gasteiger partial charge in [-0.2, -0.15) is 0 Å². The van der Waals surface area contributed by atoms with E-state index in [1.165, 1.54) is 0 Å². The minimum Gasteiger partial charge on any atom is -0.481 e. The summed E-state index contributed by atoms with van der Waals surface area (Å²) in [4.78, 5) is 23.8. The van der Waals surface area contributed by atoms with Crippen LogP contribution in [0.15, 0.2) is 28.7 Å². The molecule has 1 atom stereocenters. The van der Waals surface area contributed by atoms with Crippen LogP contribution in [0.2, 0.25) is 0 Å². The molecule has 1 unspecified atom stereocenters. The summed E-state index contributed by atoms with van der Waals surface area (Å²) >= 11 is 0. The number of hydrogen-bond acceptors (Lipinski definition) is 3. The van der Waals surface area contributed by atoms with Gasteiger partial charge in [0.2, 0.25) is 5.78 Å². The molecule has 2 aromatic heterocycles. The van der Waals surface area contributed by atoms with Gasteiger partial charge in [0, 0.05) is 17.7 Å². The average molecular weight is 301 g/mol. The monoisotopic (exact) mass is 301 g/mol. The molecular weight excluding hydrogens is 282 g/mol. The third-order valence-corrected chi connectivity index (χ3v) is 4.11. The molecule has 1 aliphatic rings. The molecule has 0 saturated heterocycles. The van der Waals surface area contributed by atoms with Gasteiger partial charge in [0.25, 0.3) is 0 Å². The van der Waals surface area contributed by atoms with Crippen molar-refractivity contribution < 1.29 is 19.1 Å². The number of nitrogens with zero attached hydrogens (tertiary/aromatic N) is 1. The fourth-order valence-corrected chi connectivity index (χ4v) is 2.88. The van der Waals surface area contributed by atoms with Gasteiger partial charge in [0.15, 0.2) is 5.76 Å². The maximum Gasteiger partial charge on any atom is 0.312 e. The fourth-order valence-electron chi connectivity index (χ4n) is 2.88. The first-order valence-corrected chi connectivity index (χ1v) is 7.36. The number of hydrogen-bond donors (Lipinski definition) is 1. The van der Waals surface area contributed by atoms with Crippen molar-refractivity contribution in [1.82, 2.24) is 4.57 Å². The Kier molecular flexibility index (Phi) is 3.24. The van der Waals surface area contributed by atoms with Gasteiger partial charge in [-0.25, -0.2) is 0 Å². The van der Waals surface area contributed by atoms with E-state index in [2.05, 4.69) is 0 Å². The lowest BCUT2D eigenvalue weighted by Gasteiger charge is -2.14. The zero-order chi connectivity index (χ0) is 16.1. The van der Waals surface area contributed by atoms with Gasteiger partial charge in [-0.1, -0.05) is 20.8 Å². The molecule has 116 valence electrons. The van der Waals surface area contributed by atoms with Gasteiger partial charge in [-0.05, 0) is 30.7 Å². The summed E-state index contributed by atoms with van der Waals surface area (Å²) in [5.41, 5.74) is 1.03. The highest BCUT2D eigenvalue weighted by Gasteiger charge is 2.32. The summed E-state index contributed by atoms with van der Waals surface area (Å²) in [6, 6.07) is 6.92. The van der Waals surface area contributed by atoms with E-state index in [1.807, 2.05) is 26.8 Å². The van der Waals surface area contributed by atoms with E-state index < -0.39 is 11.9 Å². The molecule has 0 fully saturated rings. The van der Waals surface area contributed by atoms with Crippen molar-refractivity contribution in [2.24, 2.45) is 0 Å². The molecule has 0 bridgehead atoms. The first kappa shape index (κ1) is 14.6. The largest absolute Gasteiger partial charge is 0.481 e. The lowest BCUT2D eigenvalue weighted by Crippen LogP contribution is -2.11. The van der Waals surface area contributed by atoms with Gasteiger partial charge in [-0.15, -0.1) is 0 Å². The van der Waals surface area contributed by atoms with E-state index in [1.54, 1.807) is 22.8 Å². The lowest BCUT2D eigenvalue weighted by atomic mass is 9.94. The van der Waals surface area contributed by atoms with Crippen LogP contribution in [0.1, 0.15) is 60.8 Å². The highest BCUT2D eigenvalue weighted by molar-refractivity contribution is 6.06. The predicted octanol–water partition coefficient (Wildman–Crippen LogP) is 3.18. The molecule has 0 amide bonds. The Labute approximate surface area is 128 Å². The molecule has 1 N–H and O–H groups in total. The number of fused-ring (bicyclic) bond motifs is 1. The number of carbonyl (C=O) groups excluding carboxylic acids is 1. The molecule has 3 rings (SSSR count). The second-order valence-electron chi connectivity index (χ2n) is 6.72. The minimum atomic E-state index is -0.844. The predicted molar refractivity (Wildman–Crippen MR) is 80.3 cm³/mol. The SMILES string of the molecule is CC(C)(C)c1ccc(C(=O)c2ccc3n2CCC3C(=O)O)o1. The maximum absolute atomic E-state index is 12.6. The van der Waals surface area contributed by atoms with Gasteiger partial charge >= 0.3 is 5.97 Å².